The molecule has 2 aromatic rings. The number of ether oxygens (including phenoxy) is 1. The number of pyridine rings is 1. The van der Waals surface area contributed by atoms with Crippen molar-refractivity contribution < 1.29 is 9.84 Å². The molecule has 1 aromatic carbocycles. The normalized spacial score (nSPS) is 10.8. The molecule has 3 N–H and O–H groups in total. The number of rotatable bonds is 10. The number of nitrogens with one attached hydrogen (secondary N) is 2. The summed E-state index contributed by atoms with van der Waals surface area (Å²) in [6, 6.07) is 7.51. The van der Waals surface area contributed by atoms with Crippen molar-refractivity contribution in [3.63, 3.8) is 0 Å². The van der Waals surface area contributed by atoms with Crippen LogP contribution in [0.2, 0.25) is 0 Å². The smallest absolute Gasteiger partial charge is 0.253 e. The lowest BCUT2D eigenvalue weighted by molar-refractivity contribution is 0.264. The number of aromatic amines is 1. The van der Waals surface area contributed by atoms with Crippen LogP contribution in [0.25, 0.3) is 10.9 Å². The molecule has 0 radical (unpaired) electrons. The molecule has 148 valence electrons. The standard InChI is InChI=1S/C20H29N3O3S/c1-3-5-9-21-20(27)23(10-6-11-24)14-16-12-15-13-17(26-4-2)7-8-18(15)22-19(16)25/h7-8,12-13,24H,3-6,9-11,14H2,1-2H3,(H,21,27)(H,22,25). The first-order chi connectivity index (χ1) is 13.1. The van der Waals surface area contributed by atoms with Crippen LogP contribution in [0.5, 0.6) is 5.75 Å². The van der Waals surface area contributed by atoms with Gasteiger partial charge in [0.1, 0.15) is 5.75 Å². The van der Waals surface area contributed by atoms with E-state index in [1.165, 1.54) is 0 Å². The summed E-state index contributed by atoms with van der Waals surface area (Å²) < 4.78 is 5.55. The summed E-state index contributed by atoms with van der Waals surface area (Å²) in [6.07, 6.45) is 2.71. The number of aliphatic hydroxyl groups excluding tert-OH is 1. The SMILES string of the molecule is CCCCNC(=S)N(CCCO)Cc1cc2cc(OCC)ccc2[nH]c1=O. The second-order valence-corrected chi connectivity index (χ2v) is 6.78. The van der Waals surface area contributed by atoms with Gasteiger partial charge < -0.3 is 25.0 Å². The highest BCUT2D eigenvalue weighted by Gasteiger charge is 2.13. The van der Waals surface area contributed by atoms with Crippen molar-refractivity contribution in [1.29, 1.82) is 0 Å². The zero-order valence-corrected chi connectivity index (χ0v) is 16.9. The molecular formula is C20H29N3O3S. The van der Waals surface area contributed by atoms with Gasteiger partial charge in [0.2, 0.25) is 0 Å². The van der Waals surface area contributed by atoms with Gasteiger partial charge in [-0.05, 0) is 56.2 Å². The van der Waals surface area contributed by atoms with Crippen LogP contribution in [-0.4, -0.2) is 46.4 Å². The molecule has 1 heterocycles. The van der Waals surface area contributed by atoms with E-state index in [0.717, 1.165) is 36.0 Å². The van der Waals surface area contributed by atoms with E-state index in [4.69, 9.17) is 17.0 Å². The summed E-state index contributed by atoms with van der Waals surface area (Å²) in [7, 11) is 0. The lowest BCUT2D eigenvalue weighted by Gasteiger charge is -2.25. The Morgan fingerprint density at radius 3 is 2.81 bits per heavy atom. The van der Waals surface area contributed by atoms with Crippen molar-refractivity contribution in [3.8, 4) is 5.75 Å². The molecule has 6 nitrogen and oxygen atoms in total. The average Bonchev–Trinajstić information content (AvgIpc) is 2.66. The van der Waals surface area contributed by atoms with Gasteiger partial charge in [-0.2, -0.15) is 0 Å². The molecule has 27 heavy (non-hydrogen) atoms. The van der Waals surface area contributed by atoms with Crippen LogP contribution in [-0.2, 0) is 6.54 Å². The van der Waals surface area contributed by atoms with Crippen molar-refractivity contribution in [1.82, 2.24) is 15.2 Å². The highest BCUT2D eigenvalue weighted by atomic mass is 32.1. The van der Waals surface area contributed by atoms with E-state index >= 15 is 0 Å². The molecule has 7 heteroatoms. The minimum Gasteiger partial charge on any atom is -0.494 e. The van der Waals surface area contributed by atoms with E-state index in [-0.39, 0.29) is 12.2 Å². The predicted molar refractivity (Wildman–Crippen MR) is 113 cm³/mol. The fourth-order valence-electron chi connectivity index (χ4n) is 2.81. The van der Waals surface area contributed by atoms with Gasteiger partial charge in [-0.3, -0.25) is 4.79 Å². The minimum atomic E-state index is -0.128. The molecule has 0 aliphatic carbocycles. The van der Waals surface area contributed by atoms with Crippen LogP contribution >= 0.6 is 12.2 Å². The number of aromatic nitrogens is 1. The highest BCUT2D eigenvalue weighted by molar-refractivity contribution is 7.80. The number of benzene rings is 1. The number of aliphatic hydroxyl groups is 1. The maximum absolute atomic E-state index is 12.5. The summed E-state index contributed by atoms with van der Waals surface area (Å²) in [5.41, 5.74) is 1.28. The van der Waals surface area contributed by atoms with Crippen molar-refractivity contribution in [2.45, 2.75) is 39.7 Å². The number of H-pyrrole nitrogens is 1. The molecule has 0 saturated heterocycles. The Morgan fingerprint density at radius 2 is 2.11 bits per heavy atom. The first kappa shape index (κ1) is 21.2. The Hall–Kier alpha value is -2.12. The zero-order chi connectivity index (χ0) is 19.6. The summed E-state index contributed by atoms with van der Waals surface area (Å²) >= 11 is 5.50. The Morgan fingerprint density at radius 1 is 1.30 bits per heavy atom. The lowest BCUT2D eigenvalue weighted by atomic mass is 10.1. The quantitative estimate of drug-likeness (QED) is 0.427. The van der Waals surface area contributed by atoms with E-state index in [0.29, 0.717) is 36.8 Å². The first-order valence-corrected chi connectivity index (χ1v) is 9.92. The fourth-order valence-corrected chi connectivity index (χ4v) is 3.07. The van der Waals surface area contributed by atoms with E-state index < -0.39 is 0 Å². The van der Waals surface area contributed by atoms with Gasteiger partial charge in [0.15, 0.2) is 5.11 Å². The fraction of sp³-hybridized carbons (Fsp3) is 0.500. The Bertz CT molecular complexity index is 807. The number of hydrogen-bond donors (Lipinski definition) is 3. The third-order valence-electron chi connectivity index (χ3n) is 4.24. The van der Waals surface area contributed by atoms with Crippen molar-refractivity contribution >= 4 is 28.2 Å². The molecule has 0 unspecified atom stereocenters. The van der Waals surface area contributed by atoms with Gasteiger partial charge in [-0.25, -0.2) is 0 Å². The summed E-state index contributed by atoms with van der Waals surface area (Å²) in [5, 5.41) is 14.0. The molecule has 0 atom stereocenters. The molecule has 0 bridgehead atoms. The van der Waals surface area contributed by atoms with Crippen LogP contribution in [0, 0.1) is 0 Å². The topological polar surface area (TPSA) is 77.6 Å². The maximum atomic E-state index is 12.5. The second-order valence-electron chi connectivity index (χ2n) is 6.39. The molecule has 0 amide bonds. The molecule has 0 fully saturated rings. The third-order valence-corrected chi connectivity index (χ3v) is 4.65. The van der Waals surface area contributed by atoms with E-state index in [1.807, 2.05) is 36.1 Å². The van der Waals surface area contributed by atoms with Gasteiger partial charge in [-0.15, -0.1) is 0 Å². The molecule has 0 saturated carbocycles. The van der Waals surface area contributed by atoms with Crippen molar-refractivity contribution in [2.75, 3.05) is 26.3 Å². The number of nitrogens with zero attached hydrogens (tertiary/aromatic N) is 1. The van der Waals surface area contributed by atoms with Gasteiger partial charge in [0, 0.05) is 36.2 Å². The first-order valence-electron chi connectivity index (χ1n) is 9.51. The Kier molecular flexibility index (Phi) is 8.54. The average molecular weight is 392 g/mol. The van der Waals surface area contributed by atoms with Crippen LogP contribution in [0.1, 0.15) is 38.7 Å². The Balaban J connectivity index is 2.23. The molecule has 1 aromatic heterocycles. The molecule has 0 spiro atoms. The van der Waals surface area contributed by atoms with Crippen molar-refractivity contribution in [3.05, 3.63) is 40.2 Å². The van der Waals surface area contributed by atoms with E-state index in [2.05, 4.69) is 17.2 Å². The molecule has 0 aliphatic heterocycles. The number of hydrogen-bond acceptors (Lipinski definition) is 4. The zero-order valence-electron chi connectivity index (χ0n) is 16.1. The van der Waals surface area contributed by atoms with Crippen LogP contribution in [0.3, 0.4) is 0 Å². The Labute approximate surface area is 165 Å². The monoisotopic (exact) mass is 391 g/mol. The van der Waals surface area contributed by atoms with E-state index in [9.17, 15) is 9.90 Å². The highest BCUT2D eigenvalue weighted by Crippen LogP contribution is 2.19. The maximum Gasteiger partial charge on any atom is 0.253 e. The van der Waals surface area contributed by atoms with Crippen LogP contribution in [0.15, 0.2) is 29.1 Å². The largest absolute Gasteiger partial charge is 0.494 e. The van der Waals surface area contributed by atoms with Gasteiger partial charge in [0.25, 0.3) is 5.56 Å². The molecule has 2 rings (SSSR count). The third kappa shape index (κ3) is 6.22. The lowest BCUT2D eigenvalue weighted by Crippen LogP contribution is -2.41. The number of unbranched alkanes of at least 4 members (excludes halogenated alkanes) is 1. The van der Waals surface area contributed by atoms with Crippen LogP contribution in [0.4, 0.5) is 0 Å². The summed E-state index contributed by atoms with van der Waals surface area (Å²) in [6.45, 7) is 6.52. The number of thiocarbonyl (C=S) groups is 1. The molecule has 0 aliphatic rings. The van der Waals surface area contributed by atoms with Crippen molar-refractivity contribution in [2.24, 2.45) is 0 Å². The summed E-state index contributed by atoms with van der Waals surface area (Å²) in [4.78, 5) is 17.4. The number of fused-ring (bicyclic) bond motifs is 1. The molecular weight excluding hydrogens is 362 g/mol. The van der Waals surface area contributed by atoms with Gasteiger partial charge in [0.05, 0.1) is 13.2 Å². The van der Waals surface area contributed by atoms with E-state index in [1.54, 1.807) is 0 Å². The van der Waals surface area contributed by atoms with Gasteiger partial charge in [-0.1, -0.05) is 13.3 Å². The van der Waals surface area contributed by atoms with Gasteiger partial charge >= 0.3 is 0 Å². The second kappa shape index (κ2) is 10.9. The predicted octanol–water partition coefficient (Wildman–Crippen LogP) is 2.79. The van der Waals surface area contributed by atoms with Crippen LogP contribution < -0.4 is 15.6 Å². The minimum absolute atomic E-state index is 0.0832. The summed E-state index contributed by atoms with van der Waals surface area (Å²) in [5.74, 6) is 0.775.